The number of likely N-dealkylation sites (tertiary alicyclic amines) is 1. The van der Waals surface area contributed by atoms with E-state index in [1.54, 1.807) is 6.92 Å². The lowest BCUT2D eigenvalue weighted by molar-refractivity contribution is -0.136. The van der Waals surface area contributed by atoms with E-state index in [4.69, 9.17) is 4.42 Å². The van der Waals surface area contributed by atoms with Gasteiger partial charge in [0.25, 0.3) is 11.8 Å². The number of aryl methyl sites for hydroxylation is 1. The molecular weight excluding hydrogens is 419 g/mol. The molecule has 164 valence electrons. The second-order valence-corrected chi connectivity index (χ2v) is 7.58. The van der Waals surface area contributed by atoms with Gasteiger partial charge in [-0.2, -0.15) is 13.2 Å². The number of amides is 1. The minimum Gasteiger partial charge on any atom is -0.461 e. The van der Waals surface area contributed by atoms with Gasteiger partial charge < -0.3 is 9.32 Å². The maximum absolute atomic E-state index is 13.6. The Morgan fingerprint density at radius 1 is 1.16 bits per heavy atom. The van der Waals surface area contributed by atoms with Crippen LogP contribution in [0.4, 0.5) is 22.0 Å². The highest BCUT2D eigenvalue weighted by Crippen LogP contribution is 2.39. The average Bonchev–Trinajstić information content (AvgIpc) is 3.15. The van der Waals surface area contributed by atoms with Crippen molar-refractivity contribution < 1.29 is 31.2 Å². The van der Waals surface area contributed by atoms with E-state index >= 15 is 0 Å². The molecule has 9 heteroatoms. The monoisotopic (exact) mass is 438 g/mol. The molecular formula is C22H19F5N2O2. The summed E-state index contributed by atoms with van der Waals surface area (Å²) in [5, 5.41) is -0.0122. The molecule has 1 saturated heterocycles. The molecule has 1 amide bonds. The number of carbonyl (C=O) groups excluding carboxylic acids is 1. The molecule has 0 saturated carbocycles. The molecule has 2 aromatic heterocycles. The Balaban J connectivity index is 1.64. The van der Waals surface area contributed by atoms with Gasteiger partial charge in [0.1, 0.15) is 11.3 Å². The zero-order chi connectivity index (χ0) is 22.4. The van der Waals surface area contributed by atoms with Gasteiger partial charge in [0, 0.05) is 49.5 Å². The number of fused-ring (bicyclic) bond motifs is 1. The van der Waals surface area contributed by atoms with E-state index in [0.717, 1.165) is 6.07 Å². The highest BCUT2D eigenvalue weighted by atomic mass is 19.4. The van der Waals surface area contributed by atoms with E-state index in [-0.39, 0.29) is 40.9 Å². The molecule has 3 heterocycles. The molecule has 0 atom stereocenters. The number of benzene rings is 1. The van der Waals surface area contributed by atoms with Gasteiger partial charge in [0.2, 0.25) is 0 Å². The number of piperidine rings is 1. The van der Waals surface area contributed by atoms with Crippen LogP contribution in [0.2, 0.25) is 0 Å². The second kappa shape index (κ2) is 7.62. The first-order valence-electron chi connectivity index (χ1n) is 9.84. The molecule has 0 N–H and O–H groups in total. The van der Waals surface area contributed by atoms with E-state index in [2.05, 4.69) is 4.98 Å². The van der Waals surface area contributed by atoms with Crippen molar-refractivity contribution in [1.29, 1.82) is 0 Å². The number of nitrogens with zero attached hydrogens (tertiary/aromatic N) is 2. The molecule has 0 spiro atoms. The Bertz CT molecular complexity index is 1110. The van der Waals surface area contributed by atoms with Crippen LogP contribution in [0.1, 0.15) is 41.4 Å². The Morgan fingerprint density at radius 3 is 2.45 bits per heavy atom. The fourth-order valence-electron chi connectivity index (χ4n) is 3.66. The minimum atomic E-state index is -4.57. The summed E-state index contributed by atoms with van der Waals surface area (Å²) in [5.41, 5.74) is -0.0769. The maximum Gasteiger partial charge on any atom is 0.417 e. The maximum atomic E-state index is 13.6. The van der Waals surface area contributed by atoms with Gasteiger partial charge in [-0.1, -0.05) is 6.92 Å². The molecule has 3 aromatic rings. The van der Waals surface area contributed by atoms with Crippen molar-refractivity contribution in [1.82, 2.24) is 9.88 Å². The van der Waals surface area contributed by atoms with E-state index in [1.807, 2.05) is 0 Å². The first-order chi connectivity index (χ1) is 14.6. The lowest BCUT2D eigenvalue weighted by Gasteiger charge is -2.31. The summed E-state index contributed by atoms with van der Waals surface area (Å²) in [6, 6.07) is 6.76. The first-order valence-corrected chi connectivity index (χ1v) is 9.84. The number of furan rings is 1. The quantitative estimate of drug-likeness (QED) is 0.475. The zero-order valence-corrected chi connectivity index (χ0v) is 16.6. The smallest absolute Gasteiger partial charge is 0.417 e. The molecule has 4 rings (SSSR count). The van der Waals surface area contributed by atoms with Crippen molar-refractivity contribution in [2.45, 2.75) is 38.3 Å². The first kappa shape index (κ1) is 21.3. The van der Waals surface area contributed by atoms with Crippen molar-refractivity contribution in [3.05, 3.63) is 53.4 Å². The van der Waals surface area contributed by atoms with E-state index in [1.165, 1.54) is 35.4 Å². The van der Waals surface area contributed by atoms with Crippen LogP contribution in [0.3, 0.4) is 0 Å². The van der Waals surface area contributed by atoms with E-state index in [0.29, 0.717) is 12.2 Å². The van der Waals surface area contributed by atoms with Gasteiger partial charge in [-0.15, -0.1) is 0 Å². The number of halogens is 5. The molecule has 1 fully saturated rings. The third-order valence-corrected chi connectivity index (χ3v) is 5.43. The molecule has 0 radical (unpaired) electrons. The predicted molar refractivity (Wildman–Crippen MR) is 104 cm³/mol. The summed E-state index contributed by atoms with van der Waals surface area (Å²) in [6.07, 6.45) is -3.66. The van der Waals surface area contributed by atoms with E-state index in [9.17, 15) is 26.7 Å². The number of hydrogen-bond acceptors (Lipinski definition) is 3. The molecule has 1 aliphatic heterocycles. The Labute approximate surface area is 174 Å². The van der Waals surface area contributed by atoms with Crippen LogP contribution in [0, 0.1) is 0 Å². The van der Waals surface area contributed by atoms with Crippen molar-refractivity contribution in [3.63, 3.8) is 0 Å². The molecule has 0 bridgehead atoms. The third kappa shape index (κ3) is 4.26. The standard InChI is InChI=1S/C22H19F5N2O2/c1-2-15-11-16-17(22(25,26)27)9-14(10-19(16)31-15)18-4-3-13(12-28-18)20(30)29-7-5-21(23,24)6-8-29/h3-4,9-12H,2,5-8H2,1H3. The van der Waals surface area contributed by atoms with Crippen LogP contribution >= 0.6 is 0 Å². The number of aromatic nitrogens is 1. The number of pyridine rings is 1. The Morgan fingerprint density at radius 2 is 1.87 bits per heavy atom. The number of rotatable bonds is 3. The van der Waals surface area contributed by atoms with Crippen LogP contribution in [0.5, 0.6) is 0 Å². The van der Waals surface area contributed by atoms with Crippen molar-refractivity contribution in [3.8, 4) is 11.3 Å². The summed E-state index contributed by atoms with van der Waals surface area (Å²) in [6.45, 7) is 1.67. The average molecular weight is 438 g/mol. The van der Waals surface area contributed by atoms with E-state index < -0.39 is 36.4 Å². The fourth-order valence-corrected chi connectivity index (χ4v) is 3.66. The summed E-state index contributed by atoms with van der Waals surface area (Å²) in [5.74, 6) is -2.75. The van der Waals surface area contributed by atoms with Crippen LogP contribution < -0.4 is 0 Å². The molecule has 1 aliphatic rings. The normalized spacial score (nSPS) is 16.6. The van der Waals surface area contributed by atoms with Crippen LogP contribution in [-0.2, 0) is 12.6 Å². The minimum absolute atomic E-state index is 0.0122. The zero-order valence-electron chi connectivity index (χ0n) is 16.6. The highest BCUT2D eigenvalue weighted by molar-refractivity contribution is 5.94. The summed E-state index contributed by atoms with van der Waals surface area (Å²) < 4.78 is 72.9. The lowest BCUT2D eigenvalue weighted by atomic mass is 10.0. The second-order valence-electron chi connectivity index (χ2n) is 7.58. The molecule has 1 aromatic carbocycles. The van der Waals surface area contributed by atoms with Crippen LogP contribution in [-0.4, -0.2) is 34.8 Å². The number of hydrogen-bond donors (Lipinski definition) is 0. The summed E-state index contributed by atoms with van der Waals surface area (Å²) in [7, 11) is 0. The van der Waals surface area contributed by atoms with Gasteiger partial charge >= 0.3 is 6.18 Å². The van der Waals surface area contributed by atoms with Crippen molar-refractivity contribution >= 4 is 16.9 Å². The summed E-state index contributed by atoms with van der Waals surface area (Å²) >= 11 is 0. The SMILES string of the molecule is CCc1cc2c(C(F)(F)F)cc(-c3ccc(C(=O)N4CCC(F)(F)CC4)cn3)cc2o1. The van der Waals surface area contributed by atoms with Gasteiger partial charge in [-0.25, -0.2) is 8.78 Å². The topological polar surface area (TPSA) is 46.3 Å². The van der Waals surface area contributed by atoms with Gasteiger partial charge in [-0.3, -0.25) is 9.78 Å². The third-order valence-electron chi connectivity index (χ3n) is 5.43. The Hall–Kier alpha value is -2.97. The largest absolute Gasteiger partial charge is 0.461 e. The predicted octanol–water partition coefficient (Wildman–Crippen LogP) is 5.95. The lowest BCUT2D eigenvalue weighted by Crippen LogP contribution is -2.42. The fraction of sp³-hybridized carbons (Fsp3) is 0.364. The van der Waals surface area contributed by atoms with Gasteiger partial charge in [-0.05, 0) is 30.3 Å². The molecule has 31 heavy (non-hydrogen) atoms. The Kier molecular flexibility index (Phi) is 5.23. The summed E-state index contributed by atoms with van der Waals surface area (Å²) in [4.78, 5) is 18.0. The van der Waals surface area contributed by atoms with Crippen molar-refractivity contribution in [2.75, 3.05) is 13.1 Å². The van der Waals surface area contributed by atoms with Crippen LogP contribution in [0.25, 0.3) is 22.2 Å². The molecule has 0 aliphatic carbocycles. The number of alkyl halides is 5. The van der Waals surface area contributed by atoms with Crippen molar-refractivity contribution in [2.24, 2.45) is 0 Å². The van der Waals surface area contributed by atoms with Gasteiger partial charge in [0.05, 0.1) is 16.8 Å². The highest BCUT2D eigenvalue weighted by Gasteiger charge is 2.36. The number of carbonyl (C=O) groups is 1. The molecule has 4 nitrogen and oxygen atoms in total. The van der Waals surface area contributed by atoms with Crippen LogP contribution in [0.15, 0.2) is 40.9 Å². The van der Waals surface area contributed by atoms with Gasteiger partial charge in [0.15, 0.2) is 0 Å². The molecule has 0 unspecified atom stereocenters.